The first kappa shape index (κ1) is 26.3. The Morgan fingerprint density at radius 1 is 1.16 bits per heavy atom. The van der Waals surface area contributed by atoms with Crippen molar-refractivity contribution in [2.75, 3.05) is 12.5 Å². The molecular formula is C28H36ClF2N3O3. The maximum absolute atomic E-state index is 14.8. The second kappa shape index (κ2) is 10.1. The molecule has 0 spiro atoms. The number of amides is 2. The number of hydrogen-bond acceptors (Lipinski definition) is 3. The fraction of sp³-hybridized carbons (Fsp3) is 0.643. The van der Waals surface area contributed by atoms with Crippen LogP contribution in [0.3, 0.4) is 0 Å². The van der Waals surface area contributed by atoms with E-state index in [9.17, 15) is 18.4 Å². The van der Waals surface area contributed by atoms with Gasteiger partial charge in [-0.2, -0.15) is 0 Å². The molecular weight excluding hydrogens is 500 g/mol. The average molecular weight is 536 g/mol. The number of aromatic amines is 1. The third kappa shape index (κ3) is 4.49. The Morgan fingerprint density at radius 3 is 2.57 bits per heavy atom. The summed E-state index contributed by atoms with van der Waals surface area (Å²) < 4.78 is 34.4. The fourth-order valence-corrected chi connectivity index (χ4v) is 7.33. The van der Waals surface area contributed by atoms with Crippen LogP contribution in [0.1, 0.15) is 88.9 Å². The van der Waals surface area contributed by atoms with Crippen molar-refractivity contribution < 1.29 is 23.1 Å². The fourth-order valence-electron chi connectivity index (χ4n) is 7.19. The molecule has 202 valence electrons. The maximum Gasteiger partial charge on any atom is 0.407 e. The first-order chi connectivity index (χ1) is 17.8. The lowest BCUT2D eigenvalue weighted by atomic mass is 9.36. The Hall–Kier alpha value is -2.35. The third-order valence-corrected chi connectivity index (χ3v) is 8.87. The molecule has 2 heterocycles. The highest BCUT2D eigenvalue weighted by Crippen LogP contribution is 2.74. The minimum Gasteiger partial charge on any atom is -0.450 e. The van der Waals surface area contributed by atoms with Gasteiger partial charge in [-0.15, -0.1) is 11.6 Å². The number of hydrogen-bond donors (Lipinski definition) is 2. The van der Waals surface area contributed by atoms with Crippen LogP contribution in [0.4, 0.5) is 13.6 Å². The predicted molar refractivity (Wildman–Crippen MR) is 139 cm³/mol. The lowest BCUT2D eigenvalue weighted by molar-refractivity contribution is -0.207. The molecule has 9 heteroatoms. The quantitative estimate of drug-likeness (QED) is 0.269. The summed E-state index contributed by atoms with van der Waals surface area (Å²) in [5.74, 6) is -1.53. The largest absolute Gasteiger partial charge is 0.450 e. The number of aromatic nitrogens is 1. The van der Waals surface area contributed by atoms with Gasteiger partial charge >= 0.3 is 6.09 Å². The molecule has 0 unspecified atom stereocenters. The van der Waals surface area contributed by atoms with Crippen molar-refractivity contribution in [2.24, 2.45) is 5.41 Å². The Kier molecular flexibility index (Phi) is 7.16. The molecule has 6 rings (SSSR count). The van der Waals surface area contributed by atoms with Crippen LogP contribution in [-0.4, -0.2) is 46.0 Å². The number of nitrogens with one attached hydrogen (secondary N) is 2. The van der Waals surface area contributed by atoms with Gasteiger partial charge in [-0.3, -0.25) is 4.79 Å². The first-order valence-electron chi connectivity index (χ1n) is 13.6. The summed E-state index contributed by atoms with van der Waals surface area (Å²) in [4.78, 5) is 30.8. The molecule has 0 radical (unpaired) electrons. The molecule has 2 N–H and O–H groups in total. The Balaban J connectivity index is 1.45. The van der Waals surface area contributed by atoms with E-state index in [-0.39, 0.29) is 40.3 Å². The Bertz CT molecular complexity index is 1180. The number of halogens is 3. The molecule has 3 fully saturated rings. The van der Waals surface area contributed by atoms with Gasteiger partial charge in [-0.1, -0.05) is 39.5 Å². The van der Waals surface area contributed by atoms with Crippen LogP contribution in [0, 0.1) is 17.0 Å². The lowest BCUT2D eigenvalue weighted by Crippen LogP contribution is -2.78. The van der Waals surface area contributed by atoms with Crippen molar-refractivity contribution in [3.8, 4) is 0 Å². The van der Waals surface area contributed by atoms with Gasteiger partial charge in [0.25, 0.3) is 0 Å². The van der Waals surface area contributed by atoms with E-state index >= 15 is 0 Å². The Morgan fingerprint density at radius 2 is 1.89 bits per heavy atom. The number of benzene rings is 1. The number of fused-ring (bicyclic) bond motifs is 3. The number of nitrogens with zero attached hydrogens (tertiary/aromatic N) is 1. The molecule has 3 aliphatic carbocycles. The predicted octanol–water partition coefficient (Wildman–Crippen LogP) is 6.51. The number of unbranched alkanes of at least 4 members (excludes halogenated alkanes) is 3. The molecule has 0 saturated heterocycles. The van der Waals surface area contributed by atoms with E-state index in [2.05, 4.69) is 24.1 Å². The average Bonchev–Trinajstić information content (AvgIpc) is 3.19. The highest BCUT2D eigenvalue weighted by Gasteiger charge is 2.73. The molecule has 2 amide bonds. The van der Waals surface area contributed by atoms with Crippen LogP contribution >= 0.6 is 11.6 Å². The molecule has 1 aromatic heterocycles. The van der Waals surface area contributed by atoms with E-state index in [1.807, 2.05) is 4.90 Å². The number of rotatable bonds is 10. The summed E-state index contributed by atoms with van der Waals surface area (Å²) >= 11 is 6.11. The number of alkyl halides is 1. The van der Waals surface area contributed by atoms with E-state index < -0.39 is 17.7 Å². The highest BCUT2D eigenvalue weighted by atomic mass is 35.5. The molecule has 6 nitrogen and oxygen atoms in total. The van der Waals surface area contributed by atoms with Crippen molar-refractivity contribution in [1.29, 1.82) is 0 Å². The van der Waals surface area contributed by atoms with Crippen LogP contribution < -0.4 is 5.32 Å². The molecule has 2 bridgehead atoms. The number of carbonyl (C=O) groups excluding carboxylic acids is 2. The maximum atomic E-state index is 14.8. The van der Waals surface area contributed by atoms with E-state index in [0.29, 0.717) is 37.7 Å². The number of alkyl carbamates (subject to hydrolysis) is 1. The normalized spacial score (nSPS) is 27.9. The molecule has 2 atom stereocenters. The van der Waals surface area contributed by atoms with E-state index in [1.54, 1.807) is 0 Å². The standard InChI is InChI=1S/C28H36ClF2N3O3/c1-3-5-7-9-37-26(36)33-28-14-27(15-28,16-28)25-24-20(19-10-17(30)11-21(31)23(19)32-24)12-18(8-6-4-2)34(25)22(35)13-29/h10-11,18,25,32H,3-9,12-16H2,1-2H3,(H,33,36)/t18-,25+,27?,28?/m0/s1. The summed E-state index contributed by atoms with van der Waals surface area (Å²) in [6, 6.07) is 1.85. The van der Waals surface area contributed by atoms with Crippen LogP contribution in [0.5, 0.6) is 0 Å². The first-order valence-corrected chi connectivity index (χ1v) is 14.1. The Labute approximate surface area is 221 Å². The third-order valence-electron chi connectivity index (χ3n) is 8.64. The monoisotopic (exact) mass is 535 g/mol. The number of ether oxygens (including phenoxy) is 1. The van der Waals surface area contributed by atoms with Crippen molar-refractivity contribution in [2.45, 2.75) is 95.7 Å². The zero-order valence-corrected chi connectivity index (χ0v) is 22.4. The zero-order valence-electron chi connectivity index (χ0n) is 21.6. The van der Waals surface area contributed by atoms with Crippen LogP contribution in [0.2, 0.25) is 0 Å². The van der Waals surface area contributed by atoms with Gasteiger partial charge in [0.05, 0.1) is 18.2 Å². The van der Waals surface area contributed by atoms with Gasteiger partial charge in [-0.05, 0) is 50.2 Å². The smallest absolute Gasteiger partial charge is 0.407 e. The van der Waals surface area contributed by atoms with E-state index in [4.69, 9.17) is 16.3 Å². The van der Waals surface area contributed by atoms with Gasteiger partial charge in [0, 0.05) is 34.1 Å². The van der Waals surface area contributed by atoms with E-state index in [1.165, 1.54) is 6.07 Å². The summed E-state index contributed by atoms with van der Waals surface area (Å²) in [7, 11) is 0. The number of H-pyrrole nitrogens is 1. The van der Waals surface area contributed by atoms with Crippen molar-refractivity contribution >= 4 is 34.5 Å². The lowest BCUT2D eigenvalue weighted by Gasteiger charge is -2.74. The minimum absolute atomic E-state index is 0.101. The van der Waals surface area contributed by atoms with Crippen LogP contribution in [0.15, 0.2) is 12.1 Å². The topological polar surface area (TPSA) is 74.4 Å². The molecule has 3 saturated carbocycles. The second-order valence-corrected chi connectivity index (χ2v) is 11.6. The van der Waals surface area contributed by atoms with Gasteiger partial charge in [0.15, 0.2) is 0 Å². The number of carbonyl (C=O) groups is 2. The molecule has 37 heavy (non-hydrogen) atoms. The summed E-state index contributed by atoms with van der Waals surface area (Å²) in [5.41, 5.74) is 1.35. The second-order valence-electron chi connectivity index (χ2n) is 11.3. The van der Waals surface area contributed by atoms with Gasteiger partial charge in [-0.25, -0.2) is 13.6 Å². The van der Waals surface area contributed by atoms with Crippen molar-refractivity contribution in [3.05, 3.63) is 35.0 Å². The SMILES string of the molecule is CCCCCOC(=O)NC12CC([C@H]3c4[nH]c5c(F)cc(F)cc5c4C[C@H](CCCC)N3C(=O)CCl)(C1)C2. The molecule has 1 aromatic carbocycles. The molecule has 4 aliphatic rings. The zero-order chi connectivity index (χ0) is 26.4. The van der Waals surface area contributed by atoms with Crippen LogP contribution in [-0.2, 0) is 16.0 Å². The van der Waals surface area contributed by atoms with E-state index in [0.717, 1.165) is 55.8 Å². The van der Waals surface area contributed by atoms with Gasteiger partial charge in [0.1, 0.15) is 17.5 Å². The molecule has 2 aromatic rings. The summed E-state index contributed by atoms with van der Waals surface area (Å²) in [6.45, 7) is 4.61. The highest BCUT2D eigenvalue weighted by molar-refractivity contribution is 6.27. The van der Waals surface area contributed by atoms with Crippen molar-refractivity contribution in [1.82, 2.24) is 15.2 Å². The minimum atomic E-state index is -0.634. The van der Waals surface area contributed by atoms with Gasteiger partial charge < -0.3 is 19.9 Å². The van der Waals surface area contributed by atoms with Crippen LogP contribution in [0.25, 0.3) is 10.9 Å². The summed E-state index contributed by atoms with van der Waals surface area (Å²) in [5, 5.41) is 3.61. The van der Waals surface area contributed by atoms with Gasteiger partial charge in [0.2, 0.25) is 5.91 Å². The molecule has 1 aliphatic heterocycles. The summed E-state index contributed by atoms with van der Waals surface area (Å²) in [6.07, 6.45) is 7.87. The van der Waals surface area contributed by atoms with Crippen molar-refractivity contribution in [3.63, 3.8) is 0 Å².